The second-order valence-electron chi connectivity index (χ2n) is 3.44. The summed E-state index contributed by atoms with van der Waals surface area (Å²) < 4.78 is 0. The molecule has 0 unspecified atom stereocenters. The molecule has 0 rings (SSSR count). The molecule has 4 heteroatoms. The normalized spacial score (nSPS) is 12.1. The molecule has 0 saturated heterocycles. The van der Waals surface area contributed by atoms with Crippen LogP contribution < -0.4 is 5.32 Å². The quantitative estimate of drug-likeness (QED) is 0.614. The second kappa shape index (κ2) is 7.35. The molecule has 82 valence electrons. The lowest BCUT2D eigenvalue weighted by molar-refractivity contribution is -0.141. The number of amides is 1. The lowest BCUT2D eigenvalue weighted by Crippen LogP contribution is -2.39. The minimum Gasteiger partial charge on any atom is -0.480 e. The Labute approximate surface area is 84.7 Å². The van der Waals surface area contributed by atoms with E-state index in [1.165, 1.54) is 6.92 Å². The van der Waals surface area contributed by atoms with Gasteiger partial charge in [0.2, 0.25) is 5.91 Å². The standard InChI is InChI=1S/C10H19NO3/c1-3-4-5-6-7-9(10(13)14)11-8(2)12/h9H,3-7H2,1-2H3,(H,11,12)(H,13,14)/t9-/m1/s1. The maximum absolute atomic E-state index is 10.7. The molecule has 14 heavy (non-hydrogen) atoms. The molecule has 0 aromatic carbocycles. The van der Waals surface area contributed by atoms with Crippen molar-refractivity contribution in [1.29, 1.82) is 0 Å². The summed E-state index contributed by atoms with van der Waals surface area (Å²) in [6, 6.07) is -0.718. The smallest absolute Gasteiger partial charge is 0.326 e. The van der Waals surface area contributed by atoms with Crippen LogP contribution in [0.1, 0.15) is 46.0 Å². The van der Waals surface area contributed by atoms with Crippen LogP contribution in [0.2, 0.25) is 0 Å². The van der Waals surface area contributed by atoms with Gasteiger partial charge in [0.05, 0.1) is 0 Å². The molecule has 0 aliphatic rings. The largest absolute Gasteiger partial charge is 0.480 e. The number of unbranched alkanes of at least 4 members (excludes halogenated alkanes) is 3. The zero-order chi connectivity index (χ0) is 11.0. The fourth-order valence-electron chi connectivity index (χ4n) is 1.28. The van der Waals surface area contributed by atoms with Gasteiger partial charge >= 0.3 is 5.97 Å². The van der Waals surface area contributed by atoms with Crippen molar-refractivity contribution < 1.29 is 14.7 Å². The molecule has 1 atom stereocenters. The Morgan fingerprint density at radius 3 is 2.36 bits per heavy atom. The Kier molecular flexibility index (Phi) is 6.80. The lowest BCUT2D eigenvalue weighted by Gasteiger charge is -2.12. The summed E-state index contributed by atoms with van der Waals surface area (Å²) in [5.74, 6) is -1.23. The van der Waals surface area contributed by atoms with Crippen molar-refractivity contribution in [1.82, 2.24) is 5.32 Å². The van der Waals surface area contributed by atoms with E-state index in [-0.39, 0.29) is 5.91 Å². The van der Waals surface area contributed by atoms with Crippen molar-refractivity contribution in [3.8, 4) is 0 Å². The lowest BCUT2D eigenvalue weighted by atomic mass is 10.1. The molecule has 0 aromatic rings. The van der Waals surface area contributed by atoms with Crippen molar-refractivity contribution in [2.45, 2.75) is 52.0 Å². The monoisotopic (exact) mass is 201 g/mol. The Morgan fingerprint density at radius 1 is 1.29 bits per heavy atom. The first-order valence-electron chi connectivity index (χ1n) is 5.07. The number of carbonyl (C=O) groups excluding carboxylic acids is 1. The van der Waals surface area contributed by atoms with E-state index >= 15 is 0 Å². The van der Waals surface area contributed by atoms with E-state index < -0.39 is 12.0 Å². The van der Waals surface area contributed by atoms with Gasteiger partial charge < -0.3 is 10.4 Å². The summed E-state index contributed by atoms with van der Waals surface area (Å²) in [7, 11) is 0. The van der Waals surface area contributed by atoms with Crippen molar-refractivity contribution in [3.05, 3.63) is 0 Å². The van der Waals surface area contributed by atoms with Crippen LogP contribution in [0.25, 0.3) is 0 Å². The van der Waals surface area contributed by atoms with Gasteiger partial charge in [0.1, 0.15) is 6.04 Å². The first-order valence-corrected chi connectivity index (χ1v) is 5.07. The summed E-state index contributed by atoms with van der Waals surface area (Å²) in [5.41, 5.74) is 0. The van der Waals surface area contributed by atoms with Gasteiger partial charge in [0.15, 0.2) is 0 Å². The highest BCUT2D eigenvalue weighted by Gasteiger charge is 2.16. The molecular weight excluding hydrogens is 182 g/mol. The average Bonchev–Trinajstić information content (AvgIpc) is 2.09. The van der Waals surface area contributed by atoms with Crippen LogP contribution in [0.3, 0.4) is 0 Å². The van der Waals surface area contributed by atoms with E-state index in [9.17, 15) is 9.59 Å². The van der Waals surface area contributed by atoms with E-state index in [0.29, 0.717) is 6.42 Å². The van der Waals surface area contributed by atoms with Crippen LogP contribution in [-0.4, -0.2) is 23.0 Å². The Balaban J connectivity index is 3.74. The predicted molar refractivity (Wildman–Crippen MR) is 54.0 cm³/mol. The fraction of sp³-hybridized carbons (Fsp3) is 0.800. The summed E-state index contributed by atoms with van der Waals surface area (Å²) in [6.45, 7) is 3.44. The zero-order valence-corrected chi connectivity index (χ0v) is 8.88. The van der Waals surface area contributed by atoms with Crippen LogP contribution in [0, 0.1) is 0 Å². The van der Waals surface area contributed by atoms with Gasteiger partial charge in [0.25, 0.3) is 0 Å². The molecule has 0 saturated carbocycles. The Bertz CT molecular complexity index is 192. The number of rotatable bonds is 7. The van der Waals surface area contributed by atoms with Gasteiger partial charge in [-0.15, -0.1) is 0 Å². The highest BCUT2D eigenvalue weighted by Crippen LogP contribution is 2.05. The van der Waals surface area contributed by atoms with Gasteiger partial charge in [-0.2, -0.15) is 0 Å². The minimum atomic E-state index is -0.948. The van der Waals surface area contributed by atoms with E-state index in [0.717, 1.165) is 25.7 Å². The number of hydrogen-bond acceptors (Lipinski definition) is 2. The van der Waals surface area contributed by atoms with Crippen LogP contribution in [0.4, 0.5) is 0 Å². The number of aliphatic carboxylic acids is 1. The van der Waals surface area contributed by atoms with Gasteiger partial charge in [0, 0.05) is 6.92 Å². The second-order valence-corrected chi connectivity index (χ2v) is 3.44. The molecular formula is C10H19NO3. The first kappa shape index (κ1) is 12.9. The molecule has 0 radical (unpaired) electrons. The van der Waals surface area contributed by atoms with Gasteiger partial charge in [-0.1, -0.05) is 32.6 Å². The van der Waals surface area contributed by atoms with E-state index in [2.05, 4.69) is 12.2 Å². The minimum absolute atomic E-state index is 0.284. The van der Waals surface area contributed by atoms with Crippen molar-refractivity contribution in [3.63, 3.8) is 0 Å². The number of nitrogens with one attached hydrogen (secondary N) is 1. The zero-order valence-electron chi connectivity index (χ0n) is 8.88. The third-order valence-electron chi connectivity index (χ3n) is 2.02. The molecule has 0 bridgehead atoms. The maximum atomic E-state index is 10.7. The van der Waals surface area contributed by atoms with Gasteiger partial charge in [-0.25, -0.2) is 4.79 Å². The summed E-state index contributed by atoms with van der Waals surface area (Å²) in [5, 5.41) is 11.2. The number of carboxylic acid groups (broad SMARTS) is 1. The van der Waals surface area contributed by atoms with Crippen LogP contribution >= 0.6 is 0 Å². The molecule has 2 N–H and O–H groups in total. The van der Waals surface area contributed by atoms with Crippen molar-refractivity contribution in [2.75, 3.05) is 0 Å². The molecule has 0 spiro atoms. The molecule has 0 fully saturated rings. The maximum Gasteiger partial charge on any atom is 0.326 e. The number of carbonyl (C=O) groups is 2. The molecule has 0 aliphatic heterocycles. The van der Waals surface area contributed by atoms with E-state index in [1.54, 1.807) is 0 Å². The van der Waals surface area contributed by atoms with E-state index in [1.807, 2.05) is 0 Å². The number of carboxylic acids is 1. The fourth-order valence-corrected chi connectivity index (χ4v) is 1.28. The van der Waals surface area contributed by atoms with Crippen molar-refractivity contribution in [2.24, 2.45) is 0 Å². The van der Waals surface area contributed by atoms with Crippen LogP contribution in [0.5, 0.6) is 0 Å². The van der Waals surface area contributed by atoms with Crippen molar-refractivity contribution >= 4 is 11.9 Å². The first-order chi connectivity index (χ1) is 6.57. The Morgan fingerprint density at radius 2 is 1.93 bits per heavy atom. The highest BCUT2D eigenvalue weighted by molar-refractivity contribution is 5.81. The van der Waals surface area contributed by atoms with Gasteiger partial charge in [-0.3, -0.25) is 4.79 Å². The van der Waals surface area contributed by atoms with Gasteiger partial charge in [-0.05, 0) is 6.42 Å². The third kappa shape index (κ3) is 6.46. The molecule has 4 nitrogen and oxygen atoms in total. The topological polar surface area (TPSA) is 66.4 Å². The molecule has 1 amide bonds. The summed E-state index contributed by atoms with van der Waals surface area (Å²) >= 11 is 0. The van der Waals surface area contributed by atoms with E-state index in [4.69, 9.17) is 5.11 Å². The average molecular weight is 201 g/mol. The Hall–Kier alpha value is -1.06. The number of hydrogen-bond donors (Lipinski definition) is 2. The van der Waals surface area contributed by atoms with Crippen LogP contribution in [0.15, 0.2) is 0 Å². The molecule has 0 heterocycles. The predicted octanol–water partition coefficient (Wildman–Crippen LogP) is 1.55. The summed E-state index contributed by atoms with van der Waals surface area (Å²) in [4.78, 5) is 21.4. The molecule has 0 aromatic heterocycles. The summed E-state index contributed by atoms with van der Waals surface area (Å²) in [6.07, 6.45) is 4.64. The third-order valence-corrected chi connectivity index (χ3v) is 2.02. The SMILES string of the molecule is CCCCCC[C@@H](NC(C)=O)C(=O)O. The molecule has 0 aliphatic carbocycles. The van der Waals surface area contributed by atoms with Crippen LogP contribution in [-0.2, 0) is 9.59 Å². The highest BCUT2D eigenvalue weighted by atomic mass is 16.4.